The molecule has 0 saturated carbocycles. The first-order chi connectivity index (χ1) is 8.66. The molecule has 1 aliphatic heterocycles. The Morgan fingerprint density at radius 3 is 3.00 bits per heavy atom. The number of nitrogens with zero attached hydrogens (tertiary/aromatic N) is 1. The molecule has 0 spiro atoms. The zero-order valence-corrected chi connectivity index (χ0v) is 10.8. The van der Waals surface area contributed by atoms with Crippen LogP contribution in [-0.4, -0.2) is 30.3 Å². The minimum absolute atomic E-state index is 0.107. The Kier molecular flexibility index (Phi) is 4.15. The number of hydrogen-bond donors (Lipinski definition) is 2. The molecule has 1 saturated heterocycles. The predicted molar refractivity (Wildman–Crippen MR) is 69.7 cm³/mol. The highest BCUT2D eigenvalue weighted by atomic mass is 16.5. The van der Waals surface area contributed by atoms with Crippen molar-refractivity contribution in [2.24, 2.45) is 0 Å². The van der Waals surface area contributed by atoms with E-state index in [1.165, 1.54) is 0 Å². The molecule has 18 heavy (non-hydrogen) atoms. The number of ether oxygens (including phenoxy) is 1. The van der Waals surface area contributed by atoms with Gasteiger partial charge in [0, 0.05) is 12.8 Å². The Labute approximate surface area is 107 Å². The molecule has 0 radical (unpaired) electrons. The first-order valence-electron chi connectivity index (χ1n) is 6.24. The molecule has 0 aliphatic carbocycles. The quantitative estimate of drug-likeness (QED) is 0.842. The summed E-state index contributed by atoms with van der Waals surface area (Å²) in [6, 6.07) is 1.80. The fraction of sp³-hybridized carbons (Fsp3) is 0.538. The molecule has 1 fully saturated rings. The van der Waals surface area contributed by atoms with Gasteiger partial charge in [-0.15, -0.1) is 0 Å². The first-order valence-corrected chi connectivity index (χ1v) is 6.24. The van der Waals surface area contributed by atoms with Crippen LogP contribution in [0.5, 0.6) is 0 Å². The Balaban J connectivity index is 1.94. The maximum Gasteiger partial charge on any atom is 0.319 e. The second-order valence-corrected chi connectivity index (χ2v) is 4.60. The van der Waals surface area contributed by atoms with Gasteiger partial charge in [-0.1, -0.05) is 0 Å². The van der Waals surface area contributed by atoms with E-state index >= 15 is 0 Å². The number of pyridine rings is 1. The van der Waals surface area contributed by atoms with E-state index in [-0.39, 0.29) is 12.1 Å². The summed E-state index contributed by atoms with van der Waals surface area (Å²) in [7, 11) is 0. The lowest BCUT2D eigenvalue weighted by Crippen LogP contribution is -2.42. The van der Waals surface area contributed by atoms with E-state index in [4.69, 9.17) is 4.74 Å². The van der Waals surface area contributed by atoms with Crippen molar-refractivity contribution >= 4 is 11.7 Å². The highest BCUT2D eigenvalue weighted by Gasteiger charge is 2.16. The lowest BCUT2D eigenvalue weighted by Gasteiger charge is -2.23. The molecule has 98 valence electrons. The van der Waals surface area contributed by atoms with Crippen molar-refractivity contribution < 1.29 is 9.53 Å². The van der Waals surface area contributed by atoms with Gasteiger partial charge in [-0.2, -0.15) is 0 Å². The molecule has 5 heteroatoms. The molecule has 2 heterocycles. The van der Waals surface area contributed by atoms with E-state index in [0.717, 1.165) is 36.4 Å². The molecule has 2 rings (SSSR count). The standard InChI is InChI=1S/C13H19N3O2/c1-9-5-6-14-10(2)12(9)16-13(17)15-11-4-3-7-18-8-11/h5-6,11H,3-4,7-8H2,1-2H3,(H2,15,16,17)/t11-/m1/s1. The topological polar surface area (TPSA) is 63.2 Å². The fourth-order valence-corrected chi connectivity index (χ4v) is 2.07. The Morgan fingerprint density at radius 2 is 2.33 bits per heavy atom. The first kappa shape index (κ1) is 12.8. The molecule has 5 nitrogen and oxygen atoms in total. The molecule has 2 amide bonds. The van der Waals surface area contributed by atoms with Crippen LogP contribution in [0.4, 0.5) is 10.5 Å². The summed E-state index contributed by atoms with van der Waals surface area (Å²) in [4.78, 5) is 16.1. The van der Waals surface area contributed by atoms with E-state index in [0.29, 0.717) is 6.61 Å². The molecular formula is C13H19N3O2. The van der Waals surface area contributed by atoms with Crippen LogP contribution in [0, 0.1) is 13.8 Å². The van der Waals surface area contributed by atoms with Gasteiger partial charge >= 0.3 is 6.03 Å². The van der Waals surface area contributed by atoms with Crippen LogP contribution in [0.2, 0.25) is 0 Å². The second-order valence-electron chi connectivity index (χ2n) is 4.60. The maximum absolute atomic E-state index is 11.9. The number of carbonyl (C=O) groups excluding carboxylic acids is 1. The summed E-state index contributed by atoms with van der Waals surface area (Å²) in [5, 5.41) is 5.78. The van der Waals surface area contributed by atoms with Crippen LogP contribution in [-0.2, 0) is 4.74 Å². The second kappa shape index (κ2) is 5.82. The van der Waals surface area contributed by atoms with Crippen molar-refractivity contribution in [3.63, 3.8) is 0 Å². The SMILES string of the molecule is Cc1ccnc(C)c1NC(=O)N[C@@H]1CCCOC1. The number of aromatic nitrogens is 1. The number of urea groups is 1. The van der Waals surface area contributed by atoms with Crippen LogP contribution in [0.1, 0.15) is 24.1 Å². The molecule has 0 aromatic carbocycles. The normalized spacial score (nSPS) is 19.3. The highest BCUT2D eigenvalue weighted by molar-refractivity contribution is 5.90. The lowest BCUT2D eigenvalue weighted by atomic mass is 10.1. The van der Waals surface area contributed by atoms with Crippen LogP contribution in [0.25, 0.3) is 0 Å². The Bertz CT molecular complexity index is 408. The minimum Gasteiger partial charge on any atom is -0.379 e. The van der Waals surface area contributed by atoms with Gasteiger partial charge in [-0.3, -0.25) is 4.98 Å². The highest BCUT2D eigenvalue weighted by Crippen LogP contribution is 2.17. The van der Waals surface area contributed by atoms with Crippen LogP contribution >= 0.6 is 0 Å². The molecule has 1 aromatic heterocycles. The molecule has 0 bridgehead atoms. The molecule has 1 aliphatic rings. The third-order valence-electron chi connectivity index (χ3n) is 3.08. The van der Waals surface area contributed by atoms with Gasteiger partial charge in [0.2, 0.25) is 0 Å². The van der Waals surface area contributed by atoms with Crippen molar-refractivity contribution in [1.82, 2.24) is 10.3 Å². The average Bonchev–Trinajstić information content (AvgIpc) is 2.35. The number of nitrogens with one attached hydrogen (secondary N) is 2. The number of carbonyl (C=O) groups is 1. The fourth-order valence-electron chi connectivity index (χ4n) is 2.07. The Morgan fingerprint density at radius 1 is 1.50 bits per heavy atom. The van der Waals surface area contributed by atoms with E-state index in [1.807, 2.05) is 19.9 Å². The summed E-state index contributed by atoms with van der Waals surface area (Å²) >= 11 is 0. The number of hydrogen-bond acceptors (Lipinski definition) is 3. The summed E-state index contributed by atoms with van der Waals surface area (Å²) in [6.07, 6.45) is 3.71. The van der Waals surface area contributed by atoms with E-state index in [2.05, 4.69) is 15.6 Å². The van der Waals surface area contributed by atoms with Gasteiger partial charge in [0.05, 0.1) is 24.0 Å². The van der Waals surface area contributed by atoms with E-state index in [1.54, 1.807) is 6.20 Å². The molecule has 1 atom stereocenters. The van der Waals surface area contributed by atoms with Gasteiger partial charge in [-0.25, -0.2) is 4.79 Å². The van der Waals surface area contributed by atoms with Gasteiger partial charge in [0.1, 0.15) is 0 Å². The van der Waals surface area contributed by atoms with Crippen molar-refractivity contribution in [3.05, 3.63) is 23.5 Å². The van der Waals surface area contributed by atoms with E-state index < -0.39 is 0 Å². The maximum atomic E-state index is 11.9. The zero-order chi connectivity index (χ0) is 13.0. The average molecular weight is 249 g/mol. The number of rotatable bonds is 2. The van der Waals surface area contributed by atoms with Gasteiger partial charge < -0.3 is 15.4 Å². The molecule has 1 aromatic rings. The predicted octanol–water partition coefficient (Wildman–Crippen LogP) is 2.00. The summed E-state index contributed by atoms with van der Waals surface area (Å²) in [5.74, 6) is 0. The zero-order valence-electron chi connectivity index (χ0n) is 10.8. The minimum atomic E-state index is -0.190. The van der Waals surface area contributed by atoms with Crippen LogP contribution < -0.4 is 10.6 Å². The molecular weight excluding hydrogens is 230 g/mol. The Hall–Kier alpha value is -1.62. The summed E-state index contributed by atoms with van der Waals surface area (Å²) < 4.78 is 5.33. The van der Waals surface area contributed by atoms with Gasteiger partial charge in [0.25, 0.3) is 0 Å². The monoisotopic (exact) mass is 249 g/mol. The third kappa shape index (κ3) is 3.20. The van der Waals surface area contributed by atoms with Gasteiger partial charge in [0.15, 0.2) is 0 Å². The van der Waals surface area contributed by atoms with Crippen molar-refractivity contribution in [2.75, 3.05) is 18.5 Å². The number of aryl methyl sites for hydroxylation is 2. The molecule has 0 unspecified atom stereocenters. The number of amides is 2. The van der Waals surface area contributed by atoms with Crippen LogP contribution in [0.15, 0.2) is 12.3 Å². The van der Waals surface area contributed by atoms with Crippen molar-refractivity contribution in [2.45, 2.75) is 32.7 Å². The smallest absolute Gasteiger partial charge is 0.319 e. The third-order valence-corrected chi connectivity index (χ3v) is 3.08. The largest absolute Gasteiger partial charge is 0.379 e. The van der Waals surface area contributed by atoms with E-state index in [9.17, 15) is 4.79 Å². The summed E-state index contributed by atoms with van der Waals surface area (Å²) in [5.41, 5.74) is 2.62. The lowest BCUT2D eigenvalue weighted by molar-refractivity contribution is 0.0739. The molecule has 2 N–H and O–H groups in total. The number of anilines is 1. The summed E-state index contributed by atoms with van der Waals surface area (Å²) in [6.45, 7) is 5.22. The van der Waals surface area contributed by atoms with Crippen molar-refractivity contribution in [3.8, 4) is 0 Å². The van der Waals surface area contributed by atoms with Crippen molar-refractivity contribution in [1.29, 1.82) is 0 Å². The van der Waals surface area contributed by atoms with Gasteiger partial charge in [-0.05, 0) is 38.3 Å². The van der Waals surface area contributed by atoms with Crippen LogP contribution in [0.3, 0.4) is 0 Å².